The van der Waals surface area contributed by atoms with Gasteiger partial charge in [0.25, 0.3) is 0 Å². The zero-order chi connectivity index (χ0) is 17.1. The summed E-state index contributed by atoms with van der Waals surface area (Å²) in [6, 6.07) is 0.908. The van der Waals surface area contributed by atoms with Crippen LogP contribution in [0.2, 0.25) is 0 Å². The average molecular weight is 373 g/mol. The van der Waals surface area contributed by atoms with Crippen LogP contribution < -0.4 is 10.6 Å². The van der Waals surface area contributed by atoms with E-state index in [1.807, 2.05) is 9.80 Å². The molecule has 0 aromatic rings. The minimum Gasteiger partial charge on any atom is -0.337 e. The molecule has 3 atom stereocenters. The molecule has 0 spiro atoms. The Morgan fingerprint density at radius 2 is 1.76 bits per heavy atom. The monoisotopic (exact) mass is 372 g/mol. The van der Waals surface area contributed by atoms with E-state index in [9.17, 15) is 9.59 Å². The zero-order valence-electron chi connectivity index (χ0n) is 15.5. The normalized spacial score (nSPS) is 30.7. The maximum Gasteiger partial charge on any atom is 0.317 e. The molecule has 2 heterocycles. The first-order chi connectivity index (χ1) is 11.6. The predicted molar refractivity (Wildman–Crippen MR) is 101 cm³/mol. The lowest BCUT2D eigenvalue weighted by Crippen LogP contribution is -2.60. The second-order valence-electron chi connectivity index (χ2n) is 7.73. The highest BCUT2D eigenvalue weighted by Gasteiger charge is 2.35. The topological polar surface area (TPSA) is 64.7 Å². The van der Waals surface area contributed by atoms with Crippen molar-refractivity contribution in [1.29, 1.82) is 0 Å². The molecule has 1 saturated carbocycles. The molecular formula is C18H33ClN4O2. The van der Waals surface area contributed by atoms with E-state index in [0.717, 1.165) is 45.3 Å². The first-order valence-electron chi connectivity index (χ1n) is 9.65. The van der Waals surface area contributed by atoms with Crippen LogP contribution >= 0.6 is 12.4 Å². The van der Waals surface area contributed by atoms with Gasteiger partial charge < -0.3 is 20.4 Å². The lowest BCUT2D eigenvalue weighted by atomic mass is 9.94. The summed E-state index contributed by atoms with van der Waals surface area (Å²) in [5, 5.41) is 6.57. The van der Waals surface area contributed by atoms with Crippen LogP contribution in [0.15, 0.2) is 0 Å². The summed E-state index contributed by atoms with van der Waals surface area (Å²) in [7, 11) is 0. The number of piperidine rings is 1. The number of nitrogens with one attached hydrogen (secondary N) is 2. The molecule has 2 aliphatic heterocycles. The Labute approximate surface area is 157 Å². The quantitative estimate of drug-likeness (QED) is 0.779. The Balaban J connectivity index is 0.00000225. The highest BCUT2D eigenvalue weighted by molar-refractivity contribution is 5.85. The molecule has 0 aromatic heterocycles. The molecule has 0 bridgehead atoms. The van der Waals surface area contributed by atoms with Crippen LogP contribution in [0.5, 0.6) is 0 Å². The number of carbonyl (C=O) groups is 2. The number of nitrogens with zero attached hydrogens (tertiary/aromatic N) is 2. The molecule has 2 saturated heterocycles. The molecule has 3 unspecified atom stereocenters. The van der Waals surface area contributed by atoms with Gasteiger partial charge in [-0.15, -0.1) is 12.4 Å². The van der Waals surface area contributed by atoms with Crippen LogP contribution in [0.1, 0.15) is 52.4 Å². The van der Waals surface area contributed by atoms with E-state index in [4.69, 9.17) is 0 Å². The average Bonchev–Trinajstić information content (AvgIpc) is 3.10. The number of likely N-dealkylation sites (tertiary alicyclic amines) is 1. The van der Waals surface area contributed by atoms with Crippen LogP contribution in [-0.2, 0) is 4.79 Å². The van der Waals surface area contributed by atoms with E-state index in [1.165, 1.54) is 12.8 Å². The van der Waals surface area contributed by atoms with Crippen molar-refractivity contribution in [2.45, 2.75) is 70.5 Å². The van der Waals surface area contributed by atoms with Crippen molar-refractivity contribution in [1.82, 2.24) is 20.4 Å². The van der Waals surface area contributed by atoms with Gasteiger partial charge in [0.1, 0.15) is 0 Å². The number of urea groups is 1. The molecular weight excluding hydrogens is 340 g/mol. The number of amides is 3. The van der Waals surface area contributed by atoms with Gasteiger partial charge in [-0.2, -0.15) is 0 Å². The molecule has 3 amide bonds. The molecule has 3 fully saturated rings. The first-order valence-corrected chi connectivity index (χ1v) is 9.65. The fourth-order valence-corrected chi connectivity index (χ4v) is 4.30. The zero-order valence-corrected chi connectivity index (χ0v) is 16.3. The number of halogens is 1. The Morgan fingerprint density at radius 3 is 2.48 bits per heavy atom. The van der Waals surface area contributed by atoms with Gasteiger partial charge >= 0.3 is 6.03 Å². The third kappa shape index (κ3) is 4.79. The molecule has 25 heavy (non-hydrogen) atoms. The summed E-state index contributed by atoms with van der Waals surface area (Å²) < 4.78 is 0. The summed E-state index contributed by atoms with van der Waals surface area (Å²) in [6.07, 6.45) is 6.44. The lowest BCUT2D eigenvalue weighted by molar-refractivity contribution is -0.140. The summed E-state index contributed by atoms with van der Waals surface area (Å²) in [5.41, 5.74) is 0. The van der Waals surface area contributed by atoms with Gasteiger partial charge in [0.2, 0.25) is 5.91 Å². The third-order valence-corrected chi connectivity index (χ3v) is 6.06. The first kappa shape index (κ1) is 20.3. The van der Waals surface area contributed by atoms with Crippen molar-refractivity contribution in [3.05, 3.63) is 0 Å². The number of hydrogen-bond acceptors (Lipinski definition) is 3. The van der Waals surface area contributed by atoms with Crippen LogP contribution in [-0.4, -0.2) is 66.0 Å². The third-order valence-electron chi connectivity index (χ3n) is 6.06. The van der Waals surface area contributed by atoms with Gasteiger partial charge in [0, 0.05) is 44.3 Å². The van der Waals surface area contributed by atoms with E-state index in [-0.39, 0.29) is 36.3 Å². The van der Waals surface area contributed by atoms with Crippen molar-refractivity contribution in [3.8, 4) is 0 Å². The Bertz CT molecular complexity index is 470. The van der Waals surface area contributed by atoms with Gasteiger partial charge in [-0.05, 0) is 39.5 Å². The van der Waals surface area contributed by atoms with Crippen LogP contribution in [0, 0.1) is 5.92 Å². The number of piperazine rings is 1. The van der Waals surface area contributed by atoms with Crippen molar-refractivity contribution in [3.63, 3.8) is 0 Å². The second kappa shape index (κ2) is 9.08. The molecule has 2 N–H and O–H groups in total. The SMILES string of the molecule is CC1NCCN(C(=O)C2CCCN(C(=O)NC3CCCC3)C2)C1C.Cl. The maximum atomic E-state index is 13.0. The number of rotatable bonds is 2. The minimum atomic E-state index is -0.0409. The van der Waals surface area contributed by atoms with Crippen molar-refractivity contribution in [2.24, 2.45) is 5.92 Å². The molecule has 1 aliphatic carbocycles. The van der Waals surface area contributed by atoms with Gasteiger partial charge in [0.15, 0.2) is 0 Å². The van der Waals surface area contributed by atoms with Crippen LogP contribution in [0.3, 0.4) is 0 Å². The van der Waals surface area contributed by atoms with Crippen molar-refractivity contribution in [2.75, 3.05) is 26.2 Å². The highest BCUT2D eigenvalue weighted by atomic mass is 35.5. The highest BCUT2D eigenvalue weighted by Crippen LogP contribution is 2.23. The molecule has 7 heteroatoms. The van der Waals surface area contributed by atoms with E-state index >= 15 is 0 Å². The Kier molecular flexibility index (Phi) is 7.37. The minimum absolute atomic E-state index is 0. The van der Waals surface area contributed by atoms with E-state index < -0.39 is 0 Å². The largest absolute Gasteiger partial charge is 0.337 e. The fraction of sp³-hybridized carbons (Fsp3) is 0.889. The van der Waals surface area contributed by atoms with E-state index in [2.05, 4.69) is 24.5 Å². The predicted octanol–water partition coefficient (Wildman–Crippen LogP) is 1.98. The molecule has 6 nitrogen and oxygen atoms in total. The summed E-state index contributed by atoms with van der Waals surface area (Å²) in [5.74, 6) is 0.190. The van der Waals surface area contributed by atoms with Crippen molar-refractivity contribution < 1.29 is 9.59 Å². The molecule has 144 valence electrons. The lowest BCUT2D eigenvalue weighted by Gasteiger charge is -2.42. The van der Waals surface area contributed by atoms with Crippen LogP contribution in [0.25, 0.3) is 0 Å². The molecule has 3 aliphatic rings. The molecule has 0 aromatic carbocycles. The van der Waals surface area contributed by atoms with Gasteiger partial charge in [-0.1, -0.05) is 12.8 Å². The summed E-state index contributed by atoms with van der Waals surface area (Å²) in [6.45, 7) is 7.22. The Hall–Kier alpha value is -1.01. The van der Waals surface area contributed by atoms with E-state index in [0.29, 0.717) is 18.6 Å². The number of carbonyl (C=O) groups excluding carboxylic acids is 2. The van der Waals surface area contributed by atoms with Gasteiger partial charge in [-0.25, -0.2) is 4.79 Å². The molecule has 3 rings (SSSR count). The maximum absolute atomic E-state index is 13.0. The van der Waals surface area contributed by atoms with Gasteiger partial charge in [0.05, 0.1) is 5.92 Å². The Morgan fingerprint density at radius 1 is 1.04 bits per heavy atom. The number of hydrogen-bond donors (Lipinski definition) is 2. The fourth-order valence-electron chi connectivity index (χ4n) is 4.30. The van der Waals surface area contributed by atoms with Crippen molar-refractivity contribution >= 4 is 24.3 Å². The standard InChI is InChI=1S/C18H32N4O2.ClH/c1-13-14(2)22(11-9-19-13)17(23)15-6-5-10-21(12-15)18(24)20-16-7-3-4-8-16;/h13-16,19H,3-12H2,1-2H3,(H,20,24);1H. The molecule has 0 radical (unpaired) electrons. The van der Waals surface area contributed by atoms with E-state index in [1.54, 1.807) is 0 Å². The second-order valence-corrected chi connectivity index (χ2v) is 7.73. The smallest absolute Gasteiger partial charge is 0.317 e. The van der Waals surface area contributed by atoms with Crippen LogP contribution in [0.4, 0.5) is 4.79 Å². The summed E-state index contributed by atoms with van der Waals surface area (Å²) in [4.78, 5) is 29.3. The summed E-state index contributed by atoms with van der Waals surface area (Å²) >= 11 is 0. The van der Waals surface area contributed by atoms with Gasteiger partial charge in [-0.3, -0.25) is 4.79 Å².